The molecule has 4 heterocycles. The molecule has 9 nitrogen and oxygen atoms in total. The Kier molecular flexibility index (Phi) is 6.40. The van der Waals surface area contributed by atoms with Gasteiger partial charge < -0.3 is 16.0 Å². The molecular formula is C25H20F5N7O2. The molecule has 0 saturated carbocycles. The standard InChI is InChI=1S/C25H20F5N7O2/c1-12-16(23(38)35-19-10-36(9-18(19)27)24(39)13-2-4-15(26)5-3-13)6-14(8-32-12)20-7-17(25(28,29)30)21-22(31)33-11-34-37(20)21/h2-8,11,18-19H,9-10H2,1H3,(H,35,38)(H2,31,33,34)/t18-,19+/m0/s1. The van der Waals surface area contributed by atoms with Crippen molar-refractivity contribution in [2.45, 2.75) is 25.3 Å². The van der Waals surface area contributed by atoms with Crippen LogP contribution in [0.4, 0.5) is 27.8 Å². The number of aryl methyl sites for hydroxylation is 1. The number of hydrogen-bond acceptors (Lipinski definition) is 6. The fourth-order valence-electron chi connectivity index (χ4n) is 4.48. The summed E-state index contributed by atoms with van der Waals surface area (Å²) < 4.78 is 70.0. The number of nitrogens with two attached hydrogens (primary N) is 1. The van der Waals surface area contributed by atoms with E-state index in [4.69, 9.17) is 5.73 Å². The Morgan fingerprint density at radius 1 is 1.10 bits per heavy atom. The molecule has 0 radical (unpaired) electrons. The number of alkyl halides is 4. The first-order valence-corrected chi connectivity index (χ1v) is 11.6. The van der Waals surface area contributed by atoms with Crippen LogP contribution < -0.4 is 11.1 Å². The van der Waals surface area contributed by atoms with Gasteiger partial charge in [-0.2, -0.15) is 18.3 Å². The van der Waals surface area contributed by atoms with E-state index in [9.17, 15) is 31.5 Å². The Labute approximate surface area is 217 Å². The fraction of sp³-hybridized carbons (Fsp3) is 0.240. The van der Waals surface area contributed by atoms with Crippen molar-refractivity contribution in [3.63, 3.8) is 0 Å². The number of likely N-dealkylation sites (tertiary alicyclic amines) is 1. The van der Waals surface area contributed by atoms with Gasteiger partial charge in [0, 0.05) is 23.9 Å². The van der Waals surface area contributed by atoms with Gasteiger partial charge in [0.2, 0.25) is 0 Å². The first-order chi connectivity index (χ1) is 18.4. The summed E-state index contributed by atoms with van der Waals surface area (Å²) in [5, 5.41) is 6.43. The Morgan fingerprint density at radius 3 is 2.51 bits per heavy atom. The summed E-state index contributed by atoms with van der Waals surface area (Å²) in [5.74, 6) is -2.14. The average molecular weight is 545 g/mol. The molecule has 14 heteroatoms. The molecule has 2 amide bonds. The van der Waals surface area contributed by atoms with Crippen LogP contribution in [0.25, 0.3) is 16.8 Å². The molecule has 1 aromatic carbocycles. The van der Waals surface area contributed by atoms with Gasteiger partial charge in [0.1, 0.15) is 23.8 Å². The summed E-state index contributed by atoms with van der Waals surface area (Å²) >= 11 is 0. The lowest BCUT2D eigenvalue weighted by molar-refractivity contribution is -0.136. The van der Waals surface area contributed by atoms with Gasteiger partial charge in [0.05, 0.1) is 35.1 Å². The summed E-state index contributed by atoms with van der Waals surface area (Å²) in [4.78, 5) is 34.8. The van der Waals surface area contributed by atoms with Crippen LogP contribution in [0.5, 0.6) is 0 Å². The molecule has 4 aromatic rings. The van der Waals surface area contributed by atoms with Gasteiger partial charge in [-0.25, -0.2) is 18.3 Å². The second kappa shape index (κ2) is 9.60. The zero-order valence-electron chi connectivity index (χ0n) is 20.2. The van der Waals surface area contributed by atoms with Crippen molar-refractivity contribution in [2.24, 2.45) is 0 Å². The molecule has 1 aliphatic rings. The minimum Gasteiger partial charge on any atom is -0.382 e. The molecule has 3 aromatic heterocycles. The van der Waals surface area contributed by atoms with Gasteiger partial charge in [0.25, 0.3) is 11.8 Å². The molecule has 0 spiro atoms. The van der Waals surface area contributed by atoms with Crippen LogP contribution in [0.15, 0.2) is 48.9 Å². The van der Waals surface area contributed by atoms with E-state index in [-0.39, 0.29) is 47.0 Å². The predicted octanol–water partition coefficient (Wildman–Crippen LogP) is 3.43. The van der Waals surface area contributed by atoms with Gasteiger partial charge in [-0.05, 0) is 43.3 Å². The predicted molar refractivity (Wildman–Crippen MR) is 129 cm³/mol. The maximum atomic E-state index is 14.8. The van der Waals surface area contributed by atoms with Crippen molar-refractivity contribution < 1.29 is 31.5 Å². The van der Waals surface area contributed by atoms with Gasteiger partial charge in [-0.1, -0.05) is 0 Å². The Hall–Kier alpha value is -4.62. The van der Waals surface area contributed by atoms with Gasteiger partial charge in [-0.15, -0.1) is 0 Å². The number of benzene rings is 1. The number of halogens is 5. The first-order valence-electron chi connectivity index (χ1n) is 11.6. The maximum absolute atomic E-state index is 14.8. The number of carbonyl (C=O) groups excluding carboxylic acids is 2. The van der Waals surface area contributed by atoms with E-state index >= 15 is 0 Å². The average Bonchev–Trinajstić information content (AvgIpc) is 3.46. The number of fused-ring (bicyclic) bond motifs is 1. The minimum atomic E-state index is -4.75. The molecule has 1 saturated heterocycles. The lowest BCUT2D eigenvalue weighted by atomic mass is 10.1. The fourth-order valence-corrected chi connectivity index (χ4v) is 4.48. The lowest BCUT2D eigenvalue weighted by Gasteiger charge is -2.17. The smallest absolute Gasteiger partial charge is 0.382 e. The zero-order chi connectivity index (χ0) is 28.1. The van der Waals surface area contributed by atoms with E-state index in [0.29, 0.717) is 0 Å². The number of nitrogen functional groups attached to an aromatic ring is 1. The number of hydrogen-bond donors (Lipinski definition) is 2. The third kappa shape index (κ3) is 4.84. The highest BCUT2D eigenvalue weighted by molar-refractivity contribution is 5.97. The van der Waals surface area contributed by atoms with E-state index in [1.165, 1.54) is 36.2 Å². The molecule has 39 heavy (non-hydrogen) atoms. The Bertz CT molecular complexity index is 1590. The third-order valence-electron chi connectivity index (χ3n) is 6.46. The number of rotatable bonds is 4. The van der Waals surface area contributed by atoms with E-state index < -0.39 is 47.1 Å². The number of pyridine rings is 1. The molecule has 3 N–H and O–H groups in total. The molecule has 0 aliphatic carbocycles. The largest absolute Gasteiger partial charge is 0.418 e. The summed E-state index contributed by atoms with van der Waals surface area (Å²) in [6.07, 6.45) is -4.06. The van der Waals surface area contributed by atoms with Crippen LogP contribution in [0, 0.1) is 12.7 Å². The normalized spacial score (nSPS) is 17.5. The van der Waals surface area contributed by atoms with Crippen molar-refractivity contribution in [3.05, 3.63) is 77.1 Å². The molecule has 5 rings (SSSR count). The minimum absolute atomic E-state index is 0.00597. The van der Waals surface area contributed by atoms with E-state index in [2.05, 4.69) is 20.4 Å². The molecular weight excluding hydrogens is 525 g/mol. The molecule has 202 valence electrons. The first kappa shape index (κ1) is 26.0. The van der Waals surface area contributed by atoms with Crippen molar-refractivity contribution in [1.82, 2.24) is 29.8 Å². The van der Waals surface area contributed by atoms with Crippen LogP contribution in [0.3, 0.4) is 0 Å². The second-order valence-electron chi connectivity index (χ2n) is 9.02. The summed E-state index contributed by atoms with van der Waals surface area (Å²) in [7, 11) is 0. The van der Waals surface area contributed by atoms with Crippen molar-refractivity contribution in [2.75, 3.05) is 18.8 Å². The number of carbonyl (C=O) groups is 2. The lowest BCUT2D eigenvalue weighted by Crippen LogP contribution is -2.42. The maximum Gasteiger partial charge on any atom is 0.418 e. The molecule has 0 bridgehead atoms. The van der Waals surface area contributed by atoms with E-state index in [0.717, 1.165) is 29.0 Å². The summed E-state index contributed by atoms with van der Waals surface area (Å²) in [6.45, 7) is 1.10. The summed E-state index contributed by atoms with van der Waals surface area (Å²) in [5.41, 5.74) is 4.71. The molecule has 2 atom stereocenters. The number of amides is 2. The van der Waals surface area contributed by atoms with Gasteiger partial charge in [0.15, 0.2) is 5.82 Å². The van der Waals surface area contributed by atoms with Crippen molar-refractivity contribution in [3.8, 4) is 11.3 Å². The number of aromatic nitrogens is 4. The van der Waals surface area contributed by atoms with Crippen LogP contribution in [-0.2, 0) is 6.18 Å². The Morgan fingerprint density at radius 2 is 1.82 bits per heavy atom. The zero-order valence-corrected chi connectivity index (χ0v) is 20.2. The van der Waals surface area contributed by atoms with Crippen LogP contribution >= 0.6 is 0 Å². The number of anilines is 1. The van der Waals surface area contributed by atoms with Crippen molar-refractivity contribution in [1.29, 1.82) is 0 Å². The quantitative estimate of drug-likeness (QED) is 0.380. The highest BCUT2D eigenvalue weighted by Crippen LogP contribution is 2.38. The van der Waals surface area contributed by atoms with E-state index in [1.807, 2.05) is 0 Å². The SMILES string of the molecule is Cc1ncc(-c2cc(C(F)(F)F)c3c(N)ncnn23)cc1C(=O)N[C@@H]1CN(C(=O)c2ccc(F)cc2)C[C@@H]1F. The number of nitrogens with one attached hydrogen (secondary N) is 1. The van der Waals surface area contributed by atoms with Crippen LogP contribution in [0.1, 0.15) is 32.0 Å². The second-order valence-corrected chi connectivity index (χ2v) is 9.02. The molecule has 0 unspecified atom stereocenters. The topological polar surface area (TPSA) is 119 Å². The van der Waals surface area contributed by atoms with Gasteiger partial charge >= 0.3 is 6.18 Å². The summed E-state index contributed by atoms with van der Waals surface area (Å²) in [6, 6.07) is 5.90. The molecule has 1 aliphatic heterocycles. The van der Waals surface area contributed by atoms with E-state index in [1.54, 1.807) is 0 Å². The van der Waals surface area contributed by atoms with Gasteiger partial charge in [-0.3, -0.25) is 14.6 Å². The van der Waals surface area contributed by atoms with Crippen molar-refractivity contribution >= 4 is 23.1 Å². The molecule has 1 fully saturated rings. The Balaban J connectivity index is 1.40. The number of nitrogens with zero attached hydrogens (tertiary/aromatic N) is 5. The highest BCUT2D eigenvalue weighted by Gasteiger charge is 2.38. The van der Waals surface area contributed by atoms with Crippen LogP contribution in [0.2, 0.25) is 0 Å². The van der Waals surface area contributed by atoms with Crippen LogP contribution in [-0.4, -0.2) is 61.6 Å². The monoisotopic (exact) mass is 545 g/mol. The highest BCUT2D eigenvalue weighted by atomic mass is 19.4. The third-order valence-corrected chi connectivity index (χ3v) is 6.46.